The van der Waals surface area contributed by atoms with Gasteiger partial charge in [-0.25, -0.2) is 4.98 Å². The van der Waals surface area contributed by atoms with Crippen LogP contribution in [0.25, 0.3) is 33.3 Å². The van der Waals surface area contributed by atoms with Gasteiger partial charge < -0.3 is 4.98 Å². The highest BCUT2D eigenvalue weighted by molar-refractivity contribution is 5.93. The Morgan fingerprint density at radius 2 is 1.79 bits per heavy atom. The average molecular weight is 245 g/mol. The van der Waals surface area contributed by atoms with E-state index in [0.717, 1.165) is 33.3 Å². The number of hydrogen-bond acceptors (Lipinski definition) is 3. The molecule has 4 nitrogen and oxygen atoms in total. The SMILES string of the molecule is [c]1nnc(-c2nc3ccccc3[nH]2)c2ccccc12. The number of para-hydroxylation sites is 2. The van der Waals surface area contributed by atoms with Crippen molar-refractivity contribution in [2.75, 3.05) is 0 Å². The van der Waals surface area contributed by atoms with E-state index in [9.17, 15) is 0 Å². The van der Waals surface area contributed by atoms with Gasteiger partial charge in [-0.1, -0.05) is 36.4 Å². The standard InChI is InChI=1S/C15H9N4/c1-2-6-11-10(5-1)9-16-19-14(11)15-17-12-7-3-4-8-13(12)18-15/h1-8H,(H,17,18). The second-order valence-corrected chi connectivity index (χ2v) is 4.31. The first-order valence-corrected chi connectivity index (χ1v) is 6.00. The summed E-state index contributed by atoms with van der Waals surface area (Å²) in [4.78, 5) is 7.84. The molecule has 19 heavy (non-hydrogen) atoms. The first-order chi connectivity index (χ1) is 9.42. The van der Waals surface area contributed by atoms with Crippen molar-refractivity contribution in [1.82, 2.24) is 20.2 Å². The summed E-state index contributed by atoms with van der Waals surface area (Å²) in [7, 11) is 0. The van der Waals surface area contributed by atoms with Gasteiger partial charge >= 0.3 is 0 Å². The van der Waals surface area contributed by atoms with Gasteiger partial charge in [0.1, 0.15) is 11.9 Å². The molecular formula is C15H9N4. The van der Waals surface area contributed by atoms with Gasteiger partial charge in [0.25, 0.3) is 0 Å². The molecular weight excluding hydrogens is 236 g/mol. The van der Waals surface area contributed by atoms with Crippen LogP contribution < -0.4 is 0 Å². The zero-order valence-corrected chi connectivity index (χ0v) is 9.96. The molecule has 0 fully saturated rings. The zero-order chi connectivity index (χ0) is 12.7. The molecule has 0 aliphatic heterocycles. The maximum atomic E-state index is 4.56. The Kier molecular flexibility index (Phi) is 2.08. The van der Waals surface area contributed by atoms with Gasteiger partial charge in [-0.05, 0) is 12.1 Å². The number of rotatable bonds is 1. The monoisotopic (exact) mass is 245 g/mol. The van der Waals surface area contributed by atoms with E-state index in [1.807, 2.05) is 48.5 Å². The molecule has 0 atom stereocenters. The van der Waals surface area contributed by atoms with Gasteiger partial charge in [-0.15, -0.1) is 10.2 Å². The number of nitrogens with one attached hydrogen (secondary N) is 1. The topological polar surface area (TPSA) is 54.5 Å². The van der Waals surface area contributed by atoms with Crippen molar-refractivity contribution in [2.45, 2.75) is 0 Å². The summed E-state index contributed by atoms with van der Waals surface area (Å²) in [5, 5.41) is 10.0. The number of nitrogens with zero attached hydrogens (tertiary/aromatic N) is 3. The van der Waals surface area contributed by atoms with Crippen LogP contribution in [0.4, 0.5) is 0 Å². The van der Waals surface area contributed by atoms with Gasteiger partial charge in [-0.3, -0.25) is 0 Å². The fraction of sp³-hybridized carbons (Fsp3) is 0. The van der Waals surface area contributed by atoms with Crippen LogP contribution in [0.5, 0.6) is 0 Å². The summed E-state index contributed by atoms with van der Waals surface area (Å²) in [5.41, 5.74) is 2.68. The van der Waals surface area contributed by atoms with E-state index in [1.54, 1.807) is 0 Å². The molecule has 0 aliphatic carbocycles. The Morgan fingerprint density at radius 1 is 0.947 bits per heavy atom. The molecule has 2 aromatic carbocycles. The number of benzene rings is 2. The van der Waals surface area contributed by atoms with E-state index in [0.29, 0.717) is 0 Å². The molecule has 0 saturated carbocycles. The van der Waals surface area contributed by atoms with Gasteiger partial charge in [0.05, 0.1) is 11.0 Å². The number of aromatic amines is 1. The first kappa shape index (κ1) is 10.2. The minimum absolute atomic E-state index is 0.735. The Bertz CT molecular complexity index is 841. The highest BCUT2D eigenvalue weighted by atomic mass is 15.1. The third-order valence-corrected chi connectivity index (χ3v) is 3.12. The van der Waals surface area contributed by atoms with E-state index < -0.39 is 0 Å². The molecule has 0 unspecified atom stereocenters. The van der Waals surface area contributed by atoms with Crippen LogP contribution in [0.15, 0.2) is 48.5 Å². The number of imidazole rings is 1. The third-order valence-electron chi connectivity index (χ3n) is 3.12. The largest absolute Gasteiger partial charge is 0.337 e. The Hall–Kier alpha value is -2.75. The van der Waals surface area contributed by atoms with E-state index in [4.69, 9.17) is 0 Å². The highest BCUT2D eigenvalue weighted by Crippen LogP contribution is 2.24. The average Bonchev–Trinajstić information content (AvgIpc) is 2.90. The summed E-state index contributed by atoms with van der Waals surface area (Å²) >= 11 is 0. The van der Waals surface area contributed by atoms with Crippen molar-refractivity contribution < 1.29 is 0 Å². The van der Waals surface area contributed by atoms with Crippen LogP contribution in [0, 0.1) is 6.20 Å². The summed E-state index contributed by atoms with van der Waals surface area (Å²) in [6, 6.07) is 15.8. The fourth-order valence-electron chi connectivity index (χ4n) is 2.21. The molecule has 0 amide bonds. The molecule has 0 bridgehead atoms. The number of H-pyrrole nitrogens is 1. The minimum atomic E-state index is 0.735. The Balaban J connectivity index is 2.03. The third kappa shape index (κ3) is 1.57. The highest BCUT2D eigenvalue weighted by Gasteiger charge is 2.10. The lowest BCUT2D eigenvalue weighted by Crippen LogP contribution is -1.91. The predicted molar refractivity (Wildman–Crippen MR) is 73.5 cm³/mol. The summed E-state index contributed by atoms with van der Waals surface area (Å²) in [6.07, 6.45) is 2.89. The molecule has 1 N–H and O–H groups in total. The van der Waals surface area contributed by atoms with Crippen molar-refractivity contribution in [2.24, 2.45) is 0 Å². The van der Waals surface area contributed by atoms with E-state index >= 15 is 0 Å². The molecule has 0 aliphatic rings. The van der Waals surface area contributed by atoms with Crippen LogP contribution in [0.2, 0.25) is 0 Å². The molecule has 4 heteroatoms. The second-order valence-electron chi connectivity index (χ2n) is 4.31. The first-order valence-electron chi connectivity index (χ1n) is 6.00. The van der Waals surface area contributed by atoms with Crippen LogP contribution >= 0.6 is 0 Å². The molecule has 2 aromatic heterocycles. The molecule has 1 radical (unpaired) electrons. The van der Waals surface area contributed by atoms with E-state index in [2.05, 4.69) is 26.4 Å². The predicted octanol–water partition coefficient (Wildman–Crippen LogP) is 2.97. The minimum Gasteiger partial charge on any atom is -0.337 e. The van der Waals surface area contributed by atoms with E-state index in [1.165, 1.54) is 0 Å². The lowest BCUT2D eigenvalue weighted by atomic mass is 10.1. The molecule has 0 spiro atoms. The van der Waals surface area contributed by atoms with Crippen molar-refractivity contribution >= 4 is 21.8 Å². The normalized spacial score (nSPS) is 11.2. The number of fused-ring (bicyclic) bond motifs is 2. The second kappa shape index (κ2) is 3.88. The van der Waals surface area contributed by atoms with Gasteiger partial charge in [0.15, 0.2) is 5.82 Å². The van der Waals surface area contributed by atoms with Crippen molar-refractivity contribution in [1.29, 1.82) is 0 Å². The smallest absolute Gasteiger partial charge is 0.159 e. The van der Waals surface area contributed by atoms with Gasteiger partial charge in [0.2, 0.25) is 0 Å². The van der Waals surface area contributed by atoms with Crippen molar-refractivity contribution in [3.05, 3.63) is 54.7 Å². The van der Waals surface area contributed by atoms with Crippen LogP contribution in [-0.2, 0) is 0 Å². The van der Waals surface area contributed by atoms with Gasteiger partial charge in [0, 0.05) is 10.8 Å². The molecule has 4 rings (SSSR count). The van der Waals surface area contributed by atoms with Crippen LogP contribution in [-0.4, -0.2) is 20.2 Å². The van der Waals surface area contributed by atoms with Crippen LogP contribution in [0.1, 0.15) is 0 Å². The lowest BCUT2D eigenvalue weighted by molar-refractivity contribution is 1.04. The molecule has 89 valence electrons. The van der Waals surface area contributed by atoms with E-state index in [-0.39, 0.29) is 0 Å². The molecule has 4 aromatic rings. The molecule has 0 saturated heterocycles. The number of hydrogen-bond donors (Lipinski definition) is 1. The van der Waals surface area contributed by atoms with Crippen molar-refractivity contribution in [3.8, 4) is 11.5 Å². The van der Waals surface area contributed by atoms with Crippen molar-refractivity contribution in [3.63, 3.8) is 0 Å². The number of aromatic nitrogens is 4. The fourth-order valence-corrected chi connectivity index (χ4v) is 2.21. The summed E-state index contributed by atoms with van der Waals surface area (Å²) in [5.74, 6) is 0.735. The molecule has 2 heterocycles. The maximum Gasteiger partial charge on any atom is 0.159 e. The van der Waals surface area contributed by atoms with Crippen LogP contribution in [0.3, 0.4) is 0 Å². The quantitative estimate of drug-likeness (QED) is 0.561. The zero-order valence-electron chi connectivity index (χ0n) is 9.96. The Labute approximate surface area is 109 Å². The maximum absolute atomic E-state index is 4.56. The summed E-state index contributed by atoms with van der Waals surface area (Å²) < 4.78 is 0. The lowest BCUT2D eigenvalue weighted by Gasteiger charge is -2.00. The Morgan fingerprint density at radius 3 is 2.74 bits per heavy atom. The van der Waals surface area contributed by atoms with Gasteiger partial charge in [-0.2, -0.15) is 0 Å². The summed E-state index contributed by atoms with van der Waals surface area (Å²) in [6.45, 7) is 0.